The van der Waals surface area contributed by atoms with Gasteiger partial charge in [0.15, 0.2) is 9.84 Å². The first-order chi connectivity index (χ1) is 14.1. The van der Waals surface area contributed by atoms with E-state index in [0.29, 0.717) is 23.9 Å². The largest absolute Gasteiger partial charge is 0.328 e. The summed E-state index contributed by atoms with van der Waals surface area (Å²) in [4.78, 5) is 24.6. The number of nitrogens with zero attached hydrogens (tertiary/aromatic N) is 2. The zero-order valence-corrected chi connectivity index (χ0v) is 17.5. The monoisotopic (exact) mass is 437 g/mol. The van der Waals surface area contributed by atoms with Gasteiger partial charge in [-0.3, -0.25) is 13.9 Å². The first-order valence-electron chi connectivity index (χ1n) is 9.26. The van der Waals surface area contributed by atoms with E-state index in [1.165, 1.54) is 35.4 Å². The number of aryl methyl sites for hydroxylation is 2. The molecule has 7 nitrogen and oxygen atoms in total. The van der Waals surface area contributed by atoms with Crippen LogP contribution in [0.3, 0.4) is 0 Å². The Morgan fingerprint density at radius 2 is 1.63 bits per heavy atom. The number of unbranched alkanes of at least 4 members (excludes halogenated alkanes) is 1. The predicted octanol–water partition coefficient (Wildman–Crippen LogP) is 2.98. The van der Waals surface area contributed by atoms with Crippen molar-refractivity contribution in [3.63, 3.8) is 0 Å². The highest BCUT2D eigenvalue weighted by atomic mass is 32.2. The number of aromatic nitrogens is 2. The summed E-state index contributed by atoms with van der Waals surface area (Å²) in [6.45, 7) is 1.84. The van der Waals surface area contributed by atoms with Crippen molar-refractivity contribution >= 4 is 32.5 Å². The number of rotatable bonds is 6. The van der Waals surface area contributed by atoms with Crippen LogP contribution in [0.15, 0.2) is 40.0 Å². The average Bonchev–Trinajstić information content (AvgIpc) is 2.89. The van der Waals surface area contributed by atoms with Crippen molar-refractivity contribution in [3.05, 3.63) is 58.0 Å². The maximum absolute atomic E-state index is 14.0. The molecule has 2 aromatic carbocycles. The van der Waals surface area contributed by atoms with E-state index >= 15 is 0 Å². The lowest BCUT2D eigenvalue weighted by atomic mass is 10.1. The maximum atomic E-state index is 14.0. The third kappa shape index (κ3) is 3.74. The van der Waals surface area contributed by atoms with Crippen LogP contribution in [0.4, 0.5) is 14.5 Å². The van der Waals surface area contributed by atoms with Crippen molar-refractivity contribution in [1.29, 1.82) is 0 Å². The third-order valence-electron chi connectivity index (χ3n) is 4.91. The zero-order valence-electron chi connectivity index (χ0n) is 16.7. The van der Waals surface area contributed by atoms with Gasteiger partial charge < -0.3 is 5.32 Å². The van der Waals surface area contributed by atoms with Crippen molar-refractivity contribution in [2.24, 2.45) is 14.1 Å². The van der Waals surface area contributed by atoms with Crippen molar-refractivity contribution in [2.75, 3.05) is 11.1 Å². The summed E-state index contributed by atoms with van der Waals surface area (Å²) in [5.41, 5.74) is -0.636. The van der Waals surface area contributed by atoms with Gasteiger partial charge in [-0.25, -0.2) is 22.0 Å². The zero-order chi connectivity index (χ0) is 22.2. The fraction of sp³-hybridized carbons (Fsp3) is 0.300. The molecule has 0 saturated heterocycles. The Labute approximate surface area is 171 Å². The Morgan fingerprint density at radius 1 is 1.07 bits per heavy atom. The summed E-state index contributed by atoms with van der Waals surface area (Å²) < 4.78 is 56.4. The summed E-state index contributed by atoms with van der Waals surface area (Å²) in [5, 5.41) is 2.32. The Kier molecular flexibility index (Phi) is 5.80. The number of imidazole rings is 1. The van der Waals surface area contributed by atoms with Gasteiger partial charge in [-0.2, -0.15) is 0 Å². The minimum absolute atomic E-state index is 0.146. The Hall–Kier alpha value is -3.01. The quantitative estimate of drug-likeness (QED) is 0.642. The van der Waals surface area contributed by atoms with E-state index in [4.69, 9.17) is 0 Å². The standard InChI is InChI=1S/C20H21F2N3O4S/c1-4-5-9-30(28,29)17-11-16-15(24(2)20(27)25(16)3)10-14(17)23-19(26)18-12(21)7-6-8-13(18)22/h6-8,10-11H,4-5,9H2,1-3H3,(H,23,26). The summed E-state index contributed by atoms with van der Waals surface area (Å²) in [5.74, 6) is -3.45. The van der Waals surface area contributed by atoms with Crippen LogP contribution >= 0.6 is 0 Å². The van der Waals surface area contributed by atoms with Crippen molar-refractivity contribution in [1.82, 2.24) is 9.13 Å². The van der Waals surface area contributed by atoms with Crippen LogP contribution in [0.5, 0.6) is 0 Å². The van der Waals surface area contributed by atoms with Crippen LogP contribution in [0.2, 0.25) is 0 Å². The lowest BCUT2D eigenvalue weighted by molar-refractivity contribution is 0.101. The molecule has 0 saturated carbocycles. The molecule has 0 bridgehead atoms. The molecule has 160 valence electrons. The van der Waals surface area contributed by atoms with Crippen molar-refractivity contribution in [2.45, 2.75) is 24.7 Å². The van der Waals surface area contributed by atoms with Gasteiger partial charge in [0.05, 0.1) is 27.4 Å². The number of anilines is 1. The molecule has 0 aliphatic carbocycles. The minimum atomic E-state index is -3.84. The summed E-state index contributed by atoms with van der Waals surface area (Å²) in [6, 6.07) is 5.61. The number of benzene rings is 2. The second kappa shape index (κ2) is 8.02. The van der Waals surface area contributed by atoms with E-state index in [0.717, 1.165) is 18.2 Å². The number of carbonyl (C=O) groups excluding carboxylic acids is 1. The van der Waals surface area contributed by atoms with Gasteiger partial charge in [-0.1, -0.05) is 19.4 Å². The predicted molar refractivity (Wildman–Crippen MR) is 109 cm³/mol. The van der Waals surface area contributed by atoms with Gasteiger partial charge in [-0.05, 0) is 30.7 Å². The van der Waals surface area contributed by atoms with Crippen molar-refractivity contribution in [3.8, 4) is 0 Å². The van der Waals surface area contributed by atoms with Crippen LogP contribution in [0.25, 0.3) is 11.0 Å². The average molecular weight is 437 g/mol. The van der Waals surface area contributed by atoms with Gasteiger partial charge >= 0.3 is 5.69 Å². The molecular weight excluding hydrogens is 416 g/mol. The first kappa shape index (κ1) is 21.7. The van der Waals surface area contributed by atoms with E-state index in [1.54, 1.807) is 0 Å². The number of nitrogens with one attached hydrogen (secondary N) is 1. The Bertz CT molecular complexity index is 1290. The number of halogens is 2. The second-order valence-electron chi connectivity index (χ2n) is 6.96. The number of fused-ring (bicyclic) bond motifs is 1. The van der Waals surface area contributed by atoms with Crippen LogP contribution in [-0.4, -0.2) is 29.2 Å². The van der Waals surface area contributed by atoms with Gasteiger partial charge in [0.2, 0.25) is 0 Å². The second-order valence-corrected chi connectivity index (χ2v) is 9.04. The van der Waals surface area contributed by atoms with Gasteiger partial charge in [-0.15, -0.1) is 0 Å². The molecule has 3 aromatic rings. The van der Waals surface area contributed by atoms with Crippen LogP contribution in [0, 0.1) is 11.6 Å². The third-order valence-corrected chi connectivity index (χ3v) is 6.75. The molecule has 0 spiro atoms. The molecule has 1 N–H and O–H groups in total. The minimum Gasteiger partial charge on any atom is -0.321 e. The molecule has 30 heavy (non-hydrogen) atoms. The molecule has 1 amide bonds. The van der Waals surface area contributed by atoms with E-state index in [9.17, 15) is 26.8 Å². The van der Waals surface area contributed by atoms with Crippen LogP contribution < -0.4 is 11.0 Å². The van der Waals surface area contributed by atoms with E-state index in [2.05, 4.69) is 5.32 Å². The smallest absolute Gasteiger partial charge is 0.321 e. The van der Waals surface area contributed by atoms with E-state index in [-0.39, 0.29) is 22.0 Å². The van der Waals surface area contributed by atoms with Gasteiger partial charge in [0.25, 0.3) is 5.91 Å². The molecule has 1 heterocycles. The van der Waals surface area contributed by atoms with E-state index < -0.39 is 32.9 Å². The molecule has 0 atom stereocenters. The van der Waals surface area contributed by atoms with E-state index in [1.807, 2.05) is 6.92 Å². The molecule has 0 aliphatic heterocycles. The van der Waals surface area contributed by atoms with Gasteiger partial charge in [0.1, 0.15) is 17.2 Å². The molecule has 0 aliphatic rings. The first-order valence-corrected chi connectivity index (χ1v) is 10.9. The maximum Gasteiger partial charge on any atom is 0.328 e. The number of amides is 1. The summed E-state index contributed by atoms with van der Waals surface area (Å²) >= 11 is 0. The summed E-state index contributed by atoms with van der Waals surface area (Å²) in [6.07, 6.45) is 1.02. The van der Waals surface area contributed by atoms with Crippen molar-refractivity contribution < 1.29 is 22.0 Å². The number of hydrogen-bond acceptors (Lipinski definition) is 4. The lowest BCUT2D eigenvalue weighted by Crippen LogP contribution is -2.19. The fourth-order valence-corrected chi connectivity index (χ4v) is 4.85. The number of sulfone groups is 1. The molecule has 1 aromatic heterocycles. The van der Waals surface area contributed by atoms with Gasteiger partial charge in [0, 0.05) is 14.1 Å². The Balaban J connectivity index is 2.21. The molecule has 3 rings (SSSR count). The highest BCUT2D eigenvalue weighted by Crippen LogP contribution is 2.29. The topological polar surface area (TPSA) is 90.2 Å². The summed E-state index contributed by atoms with van der Waals surface area (Å²) in [7, 11) is -0.842. The number of hydrogen-bond donors (Lipinski definition) is 1. The SMILES string of the molecule is CCCCS(=O)(=O)c1cc2c(cc1NC(=O)c1c(F)cccc1F)n(C)c(=O)n2C. The lowest BCUT2D eigenvalue weighted by Gasteiger charge is -2.13. The highest BCUT2D eigenvalue weighted by Gasteiger charge is 2.25. The molecular formula is C20H21F2N3O4S. The fourth-order valence-electron chi connectivity index (χ4n) is 3.22. The van der Waals surface area contributed by atoms with Crippen LogP contribution in [0.1, 0.15) is 30.1 Å². The molecule has 0 radical (unpaired) electrons. The molecule has 10 heteroatoms. The molecule has 0 unspecified atom stereocenters. The normalized spacial score (nSPS) is 11.8. The number of carbonyl (C=O) groups is 1. The highest BCUT2D eigenvalue weighted by molar-refractivity contribution is 7.91. The Morgan fingerprint density at radius 3 is 2.20 bits per heavy atom. The molecule has 0 fully saturated rings. The van der Waals surface area contributed by atoms with Crippen LogP contribution in [-0.2, 0) is 23.9 Å².